The van der Waals surface area contributed by atoms with Crippen molar-refractivity contribution in [1.29, 1.82) is 0 Å². The molecule has 6 rings (SSSR count). The van der Waals surface area contributed by atoms with E-state index in [9.17, 15) is 33.0 Å². The minimum atomic E-state index is -4.54. The molecule has 3 fully saturated rings. The molecule has 45 heavy (non-hydrogen) atoms. The largest absolute Gasteiger partial charge is 0.416 e. The van der Waals surface area contributed by atoms with Crippen LogP contribution in [0.15, 0.2) is 30.6 Å². The first kappa shape index (κ1) is 30.6. The number of halogens is 3. The van der Waals surface area contributed by atoms with Gasteiger partial charge in [-0.3, -0.25) is 9.36 Å². The first-order valence-corrected chi connectivity index (χ1v) is 14.4. The zero-order chi connectivity index (χ0) is 31.9. The highest BCUT2D eigenvalue weighted by Crippen LogP contribution is 2.34. The number of hydrogen-bond donors (Lipinski definition) is 4. The van der Waals surface area contributed by atoms with Crippen LogP contribution in [-0.2, 0) is 15.7 Å². The monoisotopic (exact) mass is 629 g/mol. The molecule has 0 unspecified atom stereocenters. The van der Waals surface area contributed by atoms with Gasteiger partial charge in [0.2, 0.25) is 5.82 Å². The topological polar surface area (TPSA) is 178 Å². The number of imidazole rings is 1. The van der Waals surface area contributed by atoms with Crippen molar-refractivity contribution in [3.05, 3.63) is 42.0 Å². The van der Waals surface area contributed by atoms with E-state index in [2.05, 4.69) is 32.1 Å². The molecule has 4 heterocycles. The molecule has 3 aromatic rings. The van der Waals surface area contributed by atoms with E-state index in [-0.39, 0.29) is 40.5 Å². The van der Waals surface area contributed by atoms with E-state index in [1.165, 1.54) is 27.9 Å². The van der Waals surface area contributed by atoms with Crippen molar-refractivity contribution in [2.75, 3.05) is 18.8 Å². The Balaban J connectivity index is 1.06. The highest BCUT2D eigenvalue weighted by atomic mass is 19.4. The Morgan fingerprint density at radius 2 is 1.89 bits per heavy atom. The van der Waals surface area contributed by atoms with Gasteiger partial charge in [0.25, 0.3) is 5.91 Å². The number of nitrogens with zero attached hydrogens (tertiary/aromatic N) is 5. The fourth-order valence-electron chi connectivity index (χ4n) is 5.29. The second-order valence-electron chi connectivity index (χ2n) is 11.3. The molecular formula is C29H30F3N7O6. The van der Waals surface area contributed by atoms with Crippen LogP contribution in [0.25, 0.3) is 11.2 Å². The van der Waals surface area contributed by atoms with Gasteiger partial charge in [0.1, 0.15) is 23.5 Å². The van der Waals surface area contributed by atoms with Crippen molar-refractivity contribution in [3.63, 3.8) is 0 Å². The van der Waals surface area contributed by atoms with E-state index >= 15 is 0 Å². The number of likely N-dealkylation sites (tertiary alicyclic amines) is 1. The van der Waals surface area contributed by atoms with Crippen LogP contribution in [0, 0.1) is 17.8 Å². The lowest BCUT2D eigenvalue weighted by molar-refractivity contribution is -0.138. The molecule has 1 saturated carbocycles. The number of ether oxygens (including phenoxy) is 2. The molecule has 13 nitrogen and oxygen atoms in total. The molecule has 16 heteroatoms. The van der Waals surface area contributed by atoms with Crippen molar-refractivity contribution < 1.29 is 42.4 Å². The van der Waals surface area contributed by atoms with Crippen LogP contribution >= 0.6 is 0 Å². The van der Waals surface area contributed by atoms with Gasteiger partial charge in [-0.25, -0.2) is 19.7 Å². The van der Waals surface area contributed by atoms with Gasteiger partial charge in [-0.15, -0.1) is 0 Å². The number of aliphatic hydroxyl groups excluding tert-OH is 2. The van der Waals surface area contributed by atoms with Crippen molar-refractivity contribution in [3.8, 4) is 17.6 Å². The molecule has 0 bridgehead atoms. The van der Waals surface area contributed by atoms with E-state index in [0.717, 1.165) is 25.0 Å². The van der Waals surface area contributed by atoms with Gasteiger partial charge in [0.15, 0.2) is 23.8 Å². The average molecular weight is 630 g/mol. The SMILES string of the molecule is Nc1nc(C#CCC2CCN(C(=O)Oc3cccc(C(F)(F)F)c3)CC2)nc2c1ncn2[C@@H]1O[C@H](C(=O)NC2CC2)[C@@H](O)[C@H]1O. The second kappa shape index (κ2) is 12.1. The third-order valence-electron chi connectivity index (χ3n) is 7.97. The number of carbonyl (C=O) groups is 2. The summed E-state index contributed by atoms with van der Waals surface area (Å²) in [5, 5.41) is 23.9. The number of anilines is 1. The standard InChI is InChI=1S/C29H30F3N7O6/c30-29(31,32)16-4-2-5-18(13-16)44-28(43)38-11-9-15(10-12-38)3-1-6-19-36-24(33)20-25(37-19)39(14-34-20)27-22(41)21(40)23(45-27)26(42)35-17-7-8-17/h2,4-5,13-15,17,21-23,27,40-41H,3,7-12H2,(H,35,42)(H2,33,36,37)/t21-,22+,23-,27+/m0/s1. The minimum absolute atomic E-state index is 0.0479. The number of rotatable bonds is 5. The van der Waals surface area contributed by atoms with Gasteiger partial charge in [-0.2, -0.15) is 13.2 Å². The molecule has 1 aliphatic carbocycles. The number of benzene rings is 1. The normalized spacial score (nSPS) is 23.9. The zero-order valence-electron chi connectivity index (χ0n) is 23.8. The lowest BCUT2D eigenvalue weighted by Crippen LogP contribution is -2.43. The number of nitrogens with two attached hydrogens (primary N) is 1. The molecule has 2 amide bonds. The molecule has 3 aliphatic rings. The van der Waals surface area contributed by atoms with Gasteiger partial charge in [-0.1, -0.05) is 12.0 Å². The van der Waals surface area contributed by atoms with E-state index in [0.29, 0.717) is 32.4 Å². The van der Waals surface area contributed by atoms with Crippen LogP contribution in [0.4, 0.5) is 23.8 Å². The Morgan fingerprint density at radius 1 is 1.13 bits per heavy atom. The number of amides is 2. The summed E-state index contributed by atoms with van der Waals surface area (Å²) in [4.78, 5) is 39.3. The molecule has 0 radical (unpaired) electrons. The summed E-state index contributed by atoms with van der Waals surface area (Å²) < 4.78 is 51.1. The van der Waals surface area contributed by atoms with Crippen LogP contribution < -0.4 is 15.8 Å². The number of nitrogen functional groups attached to an aromatic ring is 1. The molecule has 4 atom stereocenters. The zero-order valence-corrected chi connectivity index (χ0v) is 23.8. The highest BCUT2D eigenvalue weighted by Gasteiger charge is 2.48. The maximum Gasteiger partial charge on any atom is 0.416 e. The van der Waals surface area contributed by atoms with Crippen molar-refractivity contribution >= 4 is 29.0 Å². The number of alkyl halides is 3. The number of fused-ring (bicyclic) bond motifs is 1. The fourth-order valence-corrected chi connectivity index (χ4v) is 5.29. The van der Waals surface area contributed by atoms with Crippen LogP contribution in [0.3, 0.4) is 0 Å². The number of piperidine rings is 1. The smallest absolute Gasteiger partial charge is 0.410 e. The molecule has 2 saturated heterocycles. The number of hydrogen-bond acceptors (Lipinski definition) is 10. The lowest BCUT2D eigenvalue weighted by Gasteiger charge is -2.30. The molecule has 5 N–H and O–H groups in total. The minimum Gasteiger partial charge on any atom is -0.410 e. The molecule has 1 aromatic carbocycles. The summed E-state index contributed by atoms with van der Waals surface area (Å²) in [6.07, 6.45) is -5.85. The van der Waals surface area contributed by atoms with E-state index in [4.69, 9.17) is 15.2 Å². The Kier molecular flexibility index (Phi) is 8.25. The lowest BCUT2D eigenvalue weighted by atomic mass is 9.94. The van der Waals surface area contributed by atoms with Crippen molar-refractivity contribution in [2.24, 2.45) is 5.92 Å². The Bertz CT molecular complexity index is 1660. The van der Waals surface area contributed by atoms with E-state index in [1.807, 2.05) is 0 Å². The summed E-state index contributed by atoms with van der Waals surface area (Å²) in [5.41, 5.74) is 5.64. The first-order valence-electron chi connectivity index (χ1n) is 14.4. The Labute approximate surface area is 254 Å². The van der Waals surface area contributed by atoms with Gasteiger partial charge in [0.05, 0.1) is 11.9 Å². The molecule has 0 spiro atoms. The second-order valence-corrected chi connectivity index (χ2v) is 11.3. The molecule has 238 valence electrons. The predicted molar refractivity (Wildman–Crippen MR) is 150 cm³/mol. The molecule has 2 aromatic heterocycles. The maximum atomic E-state index is 13.0. The number of carbonyl (C=O) groups excluding carboxylic acids is 2. The van der Waals surface area contributed by atoms with Crippen LogP contribution in [-0.4, -0.2) is 84.1 Å². The highest BCUT2D eigenvalue weighted by molar-refractivity contribution is 5.83. The number of aliphatic hydroxyl groups is 2. The summed E-state index contributed by atoms with van der Waals surface area (Å²) in [7, 11) is 0. The molecular weight excluding hydrogens is 599 g/mol. The predicted octanol–water partition coefficient (Wildman–Crippen LogP) is 1.98. The fraction of sp³-hybridized carbons (Fsp3) is 0.483. The van der Waals surface area contributed by atoms with Crippen molar-refractivity contribution in [2.45, 2.75) is 68.9 Å². The third kappa shape index (κ3) is 6.65. The van der Waals surface area contributed by atoms with Gasteiger partial charge < -0.3 is 35.6 Å². The summed E-state index contributed by atoms with van der Waals surface area (Å²) in [5.74, 6) is 5.53. The van der Waals surface area contributed by atoms with Gasteiger partial charge >= 0.3 is 12.3 Å². The van der Waals surface area contributed by atoms with Crippen molar-refractivity contribution in [1.82, 2.24) is 29.7 Å². The van der Waals surface area contributed by atoms with E-state index in [1.54, 1.807) is 0 Å². The number of nitrogens with one attached hydrogen (secondary N) is 1. The first-order chi connectivity index (χ1) is 21.5. The van der Waals surface area contributed by atoms with Gasteiger partial charge in [0, 0.05) is 25.6 Å². The van der Waals surface area contributed by atoms with E-state index < -0.39 is 48.3 Å². The quantitative estimate of drug-likeness (QED) is 0.305. The van der Waals surface area contributed by atoms with Crippen LogP contribution in [0.1, 0.15) is 49.7 Å². The summed E-state index contributed by atoms with van der Waals surface area (Å²) in [6.45, 7) is 0.710. The summed E-state index contributed by atoms with van der Waals surface area (Å²) in [6, 6.07) is 4.22. The number of aromatic nitrogens is 4. The van der Waals surface area contributed by atoms with Gasteiger partial charge in [-0.05, 0) is 55.7 Å². The third-order valence-corrected chi connectivity index (χ3v) is 7.97. The average Bonchev–Trinajstić information content (AvgIpc) is 3.64. The van der Waals surface area contributed by atoms with Crippen LogP contribution in [0.5, 0.6) is 5.75 Å². The summed E-state index contributed by atoms with van der Waals surface area (Å²) >= 11 is 0. The molecule has 2 aliphatic heterocycles. The Hall–Kier alpha value is -4.46. The Morgan fingerprint density at radius 3 is 2.60 bits per heavy atom. The maximum absolute atomic E-state index is 13.0. The van der Waals surface area contributed by atoms with Crippen LogP contribution in [0.2, 0.25) is 0 Å².